The van der Waals surface area contributed by atoms with Crippen molar-refractivity contribution in [2.45, 2.75) is 0 Å². The second-order valence-electron chi connectivity index (χ2n) is 5.43. The second-order valence-corrected chi connectivity index (χ2v) is 7.51. The number of thiocarbonyl (C=S) groups is 1. The quantitative estimate of drug-likeness (QED) is 0.512. The van der Waals surface area contributed by atoms with Crippen molar-refractivity contribution < 1.29 is 19.0 Å². The van der Waals surface area contributed by atoms with Crippen molar-refractivity contribution >= 4 is 57.6 Å². The summed E-state index contributed by atoms with van der Waals surface area (Å²) in [5.41, 5.74) is 1.29. The number of methoxy groups -OCH3 is 3. The summed E-state index contributed by atoms with van der Waals surface area (Å²) in [6.07, 6.45) is 1.74. The highest BCUT2D eigenvalue weighted by molar-refractivity contribution is 8.27. The average molecular weight is 422 g/mol. The number of hydrogen-bond donors (Lipinski definition) is 0. The molecular formula is C19H16ClNO4S2. The molecule has 1 amide bonds. The van der Waals surface area contributed by atoms with Gasteiger partial charge in [0, 0.05) is 0 Å². The maximum Gasteiger partial charge on any atom is 0.270 e. The summed E-state index contributed by atoms with van der Waals surface area (Å²) in [6, 6.07) is 10.6. The summed E-state index contributed by atoms with van der Waals surface area (Å²) in [7, 11) is 4.62. The van der Waals surface area contributed by atoms with Crippen molar-refractivity contribution in [2.24, 2.45) is 0 Å². The van der Waals surface area contributed by atoms with E-state index in [1.807, 2.05) is 6.07 Å². The number of benzene rings is 2. The second kappa shape index (κ2) is 8.21. The van der Waals surface area contributed by atoms with Crippen LogP contribution in [0.4, 0.5) is 5.69 Å². The molecule has 8 heteroatoms. The molecule has 2 aromatic rings. The summed E-state index contributed by atoms with van der Waals surface area (Å²) in [5, 5.41) is 0.461. The number of hydrogen-bond acceptors (Lipinski definition) is 6. The van der Waals surface area contributed by atoms with Crippen LogP contribution in [0.25, 0.3) is 6.08 Å². The smallest absolute Gasteiger partial charge is 0.270 e. The number of carbonyl (C=O) groups excluding carboxylic acids is 1. The molecular weight excluding hydrogens is 406 g/mol. The maximum absolute atomic E-state index is 12.9. The topological polar surface area (TPSA) is 48.0 Å². The molecule has 1 heterocycles. The van der Waals surface area contributed by atoms with E-state index < -0.39 is 0 Å². The molecule has 2 aromatic carbocycles. The Morgan fingerprint density at radius 1 is 1.07 bits per heavy atom. The van der Waals surface area contributed by atoms with Crippen molar-refractivity contribution in [3.63, 3.8) is 0 Å². The van der Waals surface area contributed by atoms with E-state index in [1.54, 1.807) is 36.4 Å². The third-order valence-corrected chi connectivity index (χ3v) is 5.49. The minimum absolute atomic E-state index is 0.230. The number of rotatable bonds is 5. The fraction of sp³-hybridized carbons (Fsp3) is 0.158. The molecule has 0 saturated carbocycles. The van der Waals surface area contributed by atoms with Crippen LogP contribution in [-0.2, 0) is 4.79 Å². The van der Waals surface area contributed by atoms with Gasteiger partial charge in [0.15, 0.2) is 15.8 Å². The summed E-state index contributed by atoms with van der Waals surface area (Å²) in [6.45, 7) is 0. The number of halogens is 1. The van der Waals surface area contributed by atoms with E-state index in [9.17, 15) is 4.79 Å². The van der Waals surface area contributed by atoms with E-state index in [4.69, 9.17) is 38.0 Å². The van der Waals surface area contributed by atoms with Gasteiger partial charge in [0.25, 0.3) is 5.91 Å². The van der Waals surface area contributed by atoms with Gasteiger partial charge in [-0.05, 0) is 35.9 Å². The van der Waals surface area contributed by atoms with E-state index in [-0.39, 0.29) is 5.91 Å². The zero-order valence-electron chi connectivity index (χ0n) is 14.8. The summed E-state index contributed by atoms with van der Waals surface area (Å²) in [5.74, 6) is 1.27. The largest absolute Gasteiger partial charge is 0.493 e. The minimum Gasteiger partial charge on any atom is -0.493 e. The number of anilines is 1. The van der Waals surface area contributed by atoms with E-state index in [1.165, 1.54) is 38.0 Å². The molecule has 0 aromatic heterocycles. The lowest BCUT2D eigenvalue weighted by Gasteiger charge is -2.15. The van der Waals surface area contributed by atoms with E-state index >= 15 is 0 Å². The molecule has 140 valence electrons. The number of carbonyl (C=O) groups is 1. The summed E-state index contributed by atoms with van der Waals surface area (Å²) < 4.78 is 16.5. The highest BCUT2D eigenvalue weighted by Crippen LogP contribution is 2.42. The van der Waals surface area contributed by atoms with Gasteiger partial charge in [0.2, 0.25) is 5.75 Å². The fourth-order valence-electron chi connectivity index (χ4n) is 2.64. The molecule has 1 saturated heterocycles. The van der Waals surface area contributed by atoms with Gasteiger partial charge < -0.3 is 14.2 Å². The van der Waals surface area contributed by atoms with Crippen LogP contribution in [0.5, 0.6) is 17.2 Å². The van der Waals surface area contributed by atoms with Crippen LogP contribution >= 0.6 is 35.6 Å². The van der Waals surface area contributed by atoms with Gasteiger partial charge in [0.1, 0.15) is 0 Å². The number of amides is 1. The molecule has 0 atom stereocenters. The first-order valence-electron chi connectivity index (χ1n) is 7.82. The number of nitrogens with zero attached hydrogens (tertiary/aromatic N) is 1. The molecule has 5 nitrogen and oxygen atoms in total. The van der Waals surface area contributed by atoms with Crippen molar-refractivity contribution in [3.8, 4) is 17.2 Å². The highest BCUT2D eigenvalue weighted by atomic mass is 35.5. The van der Waals surface area contributed by atoms with Crippen LogP contribution in [0, 0.1) is 0 Å². The Morgan fingerprint density at radius 2 is 1.70 bits per heavy atom. The summed E-state index contributed by atoms with van der Waals surface area (Å²) >= 11 is 12.8. The van der Waals surface area contributed by atoms with Crippen LogP contribution in [0.3, 0.4) is 0 Å². The third kappa shape index (κ3) is 3.76. The van der Waals surface area contributed by atoms with Crippen molar-refractivity contribution in [1.29, 1.82) is 0 Å². The van der Waals surface area contributed by atoms with Crippen molar-refractivity contribution in [1.82, 2.24) is 0 Å². The predicted octanol–water partition coefficient (Wildman–Crippen LogP) is 4.77. The van der Waals surface area contributed by atoms with E-state index in [0.29, 0.717) is 37.2 Å². The Morgan fingerprint density at radius 3 is 2.26 bits per heavy atom. The van der Waals surface area contributed by atoms with Gasteiger partial charge in [-0.3, -0.25) is 9.69 Å². The lowest BCUT2D eigenvalue weighted by Crippen LogP contribution is -2.27. The lowest BCUT2D eigenvalue weighted by atomic mass is 10.1. The molecule has 0 radical (unpaired) electrons. The minimum atomic E-state index is -0.230. The van der Waals surface area contributed by atoms with Crippen molar-refractivity contribution in [3.05, 3.63) is 51.9 Å². The van der Waals surface area contributed by atoms with Crippen LogP contribution < -0.4 is 19.1 Å². The Hall–Kier alpha value is -2.22. The standard InChI is InChI=1S/C19H16ClNO4S2/c1-23-14-8-11(9-15(24-2)17(14)25-3)10-16-18(22)21(19(26)27-16)13-7-5-4-6-12(13)20/h4-10H,1-3H3/b16-10-. The van der Waals surface area contributed by atoms with Gasteiger partial charge in [-0.15, -0.1) is 0 Å². The number of thioether (sulfide) groups is 1. The Kier molecular flexibility index (Phi) is 5.94. The fourth-order valence-corrected chi connectivity index (χ4v) is 4.15. The first kappa shape index (κ1) is 19.5. The highest BCUT2D eigenvalue weighted by Gasteiger charge is 2.34. The van der Waals surface area contributed by atoms with E-state index in [0.717, 1.165) is 5.56 Å². The Bertz CT molecular complexity index is 920. The first-order chi connectivity index (χ1) is 13.0. The van der Waals surface area contributed by atoms with Gasteiger partial charge in [-0.2, -0.15) is 0 Å². The van der Waals surface area contributed by atoms with Gasteiger partial charge in [0.05, 0.1) is 36.9 Å². The molecule has 1 aliphatic rings. The molecule has 0 aliphatic carbocycles. The zero-order valence-corrected chi connectivity index (χ0v) is 17.2. The monoisotopic (exact) mass is 421 g/mol. The molecule has 0 bridgehead atoms. The SMILES string of the molecule is COc1cc(/C=C2\SC(=S)N(c3ccccc3Cl)C2=O)cc(OC)c1OC. The van der Waals surface area contributed by atoms with Crippen LogP contribution in [0.2, 0.25) is 5.02 Å². The van der Waals surface area contributed by atoms with Gasteiger partial charge in [-0.25, -0.2) is 0 Å². The normalized spacial score (nSPS) is 15.4. The molecule has 0 unspecified atom stereocenters. The molecule has 1 fully saturated rings. The first-order valence-corrected chi connectivity index (χ1v) is 9.43. The Labute approximate surface area is 171 Å². The van der Waals surface area contributed by atoms with Gasteiger partial charge >= 0.3 is 0 Å². The Balaban J connectivity index is 2.00. The molecule has 0 spiro atoms. The van der Waals surface area contributed by atoms with Crippen LogP contribution in [0.1, 0.15) is 5.56 Å². The number of para-hydroxylation sites is 1. The summed E-state index contributed by atoms with van der Waals surface area (Å²) in [4.78, 5) is 14.8. The maximum atomic E-state index is 12.9. The average Bonchev–Trinajstić information content (AvgIpc) is 2.94. The lowest BCUT2D eigenvalue weighted by molar-refractivity contribution is -0.113. The zero-order chi connectivity index (χ0) is 19.6. The molecule has 1 aliphatic heterocycles. The van der Waals surface area contributed by atoms with Crippen LogP contribution in [0.15, 0.2) is 41.3 Å². The molecule has 3 rings (SSSR count). The van der Waals surface area contributed by atoms with Crippen LogP contribution in [-0.4, -0.2) is 31.6 Å². The molecule has 0 N–H and O–H groups in total. The number of ether oxygens (including phenoxy) is 3. The predicted molar refractivity (Wildman–Crippen MR) is 113 cm³/mol. The third-order valence-electron chi connectivity index (χ3n) is 3.87. The molecule has 27 heavy (non-hydrogen) atoms. The van der Waals surface area contributed by atoms with Crippen molar-refractivity contribution in [2.75, 3.05) is 26.2 Å². The van der Waals surface area contributed by atoms with E-state index in [2.05, 4.69) is 0 Å². The van der Waals surface area contributed by atoms with Gasteiger partial charge in [-0.1, -0.05) is 47.7 Å².